The van der Waals surface area contributed by atoms with E-state index < -0.39 is 0 Å². The SMILES string of the molecule is c1ccc(-c2ccc(-c3nc(-c4ccccc4)cc(-c4ccc(-c5cccc6c5oc5ccccc56)cc4)n3)cc2)cc1. The highest BCUT2D eigenvalue weighted by Crippen LogP contribution is 2.36. The first-order chi connectivity index (χ1) is 21.3. The predicted octanol–water partition coefficient (Wildman–Crippen LogP) is 10.7. The first-order valence-corrected chi connectivity index (χ1v) is 14.4. The van der Waals surface area contributed by atoms with E-state index in [9.17, 15) is 0 Å². The summed E-state index contributed by atoms with van der Waals surface area (Å²) in [5.41, 5.74) is 11.2. The molecule has 0 aliphatic carbocycles. The minimum Gasteiger partial charge on any atom is -0.455 e. The monoisotopic (exact) mass is 550 g/mol. The molecule has 6 aromatic carbocycles. The van der Waals surface area contributed by atoms with Gasteiger partial charge in [0.2, 0.25) is 0 Å². The van der Waals surface area contributed by atoms with E-state index in [1.165, 1.54) is 11.1 Å². The Kier molecular flexibility index (Phi) is 6.12. The number of hydrogen-bond acceptors (Lipinski definition) is 3. The lowest BCUT2D eigenvalue weighted by Gasteiger charge is -2.11. The van der Waals surface area contributed by atoms with Gasteiger partial charge in [-0.15, -0.1) is 0 Å². The van der Waals surface area contributed by atoms with Crippen LogP contribution in [-0.2, 0) is 0 Å². The van der Waals surface area contributed by atoms with Gasteiger partial charge in [-0.05, 0) is 28.8 Å². The molecule has 3 nitrogen and oxygen atoms in total. The predicted molar refractivity (Wildman–Crippen MR) is 176 cm³/mol. The van der Waals surface area contributed by atoms with Crippen molar-refractivity contribution in [3.63, 3.8) is 0 Å². The second-order valence-corrected chi connectivity index (χ2v) is 10.6. The maximum Gasteiger partial charge on any atom is 0.160 e. The number of benzene rings is 6. The lowest BCUT2D eigenvalue weighted by atomic mass is 9.99. The van der Waals surface area contributed by atoms with Crippen LogP contribution in [0.3, 0.4) is 0 Å². The van der Waals surface area contributed by atoms with Gasteiger partial charge in [-0.3, -0.25) is 0 Å². The van der Waals surface area contributed by atoms with E-state index in [1.54, 1.807) is 0 Å². The van der Waals surface area contributed by atoms with Crippen molar-refractivity contribution in [2.24, 2.45) is 0 Å². The first-order valence-electron chi connectivity index (χ1n) is 14.4. The minimum atomic E-state index is 0.701. The first kappa shape index (κ1) is 25.0. The maximum atomic E-state index is 6.30. The zero-order valence-corrected chi connectivity index (χ0v) is 23.3. The van der Waals surface area contributed by atoms with Gasteiger partial charge in [0.25, 0.3) is 0 Å². The van der Waals surface area contributed by atoms with Crippen LogP contribution in [0.1, 0.15) is 0 Å². The molecule has 0 N–H and O–H groups in total. The van der Waals surface area contributed by atoms with Gasteiger partial charge >= 0.3 is 0 Å². The summed E-state index contributed by atoms with van der Waals surface area (Å²) in [6, 6.07) is 54.3. The Bertz CT molecular complexity index is 2200. The van der Waals surface area contributed by atoms with E-state index in [-0.39, 0.29) is 0 Å². The molecule has 0 bridgehead atoms. The van der Waals surface area contributed by atoms with E-state index in [1.807, 2.05) is 36.4 Å². The topological polar surface area (TPSA) is 38.9 Å². The number of fused-ring (bicyclic) bond motifs is 3. The van der Waals surface area contributed by atoms with Crippen LogP contribution in [-0.4, -0.2) is 9.97 Å². The van der Waals surface area contributed by atoms with Crippen molar-refractivity contribution in [2.75, 3.05) is 0 Å². The fraction of sp³-hybridized carbons (Fsp3) is 0. The average Bonchev–Trinajstić information content (AvgIpc) is 3.48. The molecule has 0 fully saturated rings. The van der Waals surface area contributed by atoms with Crippen molar-refractivity contribution in [3.05, 3.63) is 158 Å². The summed E-state index contributed by atoms with van der Waals surface area (Å²) in [6.45, 7) is 0. The van der Waals surface area contributed by atoms with Gasteiger partial charge in [0.1, 0.15) is 11.2 Å². The molecule has 0 spiro atoms. The molecule has 202 valence electrons. The summed E-state index contributed by atoms with van der Waals surface area (Å²) >= 11 is 0. The second kappa shape index (κ2) is 10.6. The molecule has 0 amide bonds. The van der Waals surface area contributed by atoms with Crippen molar-refractivity contribution in [1.82, 2.24) is 9.97 Å². The lowest BCUT2D eigenvalue weighted by molar-refractivity contribution is 0.670. The third-order valence-electron chi connectivity index (χ3n) is 7.94. The number of nitrogens with zero attached hydrogens (tertiary/aromatic N) is 2. The van der Waals surface area contributed by atoms with Crippen LogP contribution in [0.15, 0.2) is 162 Å². The standard InChI is InChI=1S/C40H26N2O/c1-3-10-27(11-4-1)28-18-24-32(25-19-28)40-41-36(30-12-5-2-6-13-30)26-37(42-40)31-22-20-29(21-23-31)33-15-9-16-35-34-14-7-8-17-38(34)43-39(33)35/h1-26H. The molecule has 8 rings (SSSR count). The van der Waals surface area contributed by atoms with Gasteiger partial charge in [0, 0.05) is 33.0 Å². The molecule has 2 aromatic heterocycles. The third kappa shape index (κ3) is 4.67. The van der Waals surface area contributed by atoms with E-state index in [0.717, 1.165) is 61.1 Å². The van der Waals surface area contributed by atoms with Gasteiger partial charge in [-0.25, -0.2) is 9.97 Å². The molecular weight excluding hydrogens is 524 g/mol. The van der Waals surface area contributed by atoms with Crippen molar-refractivity contribution in [3.8, 4) is 56.2 Å². The van der Waals surface area contributed by atoms with Crippen molar-refractivity contribution in [1.29, 1.82) is 0 Å². The number of aromatic nitrogens is 2. The van der Waals surface area contributed by atoms with Crippen LogP contribution in [0.4, 0.5) is 0 Å². The quantitative estimate of drug-likeness (QED) is 0.214. The second-order valence-electron chi connectivity index (χ2n) is 10.6. The molecule has 2 heterocycles. The molecule has 0 saturated heterocycles. The smallest absolute Gasteiger partial charge is 0.160 e. The van der Waals surface area contributed by atoms with Crippen LogP contribution >= 0.6 is 0 Å². The third-order valence-corrected chi connectivity index (χ3v) is 7.94. The van der Waals surface area contributed by atoms with Crippen molar-refractivity contribution < 1.29 is 4.42 Å². The molecule has 0 saturated carbocycles. The molecule has 3 heteroatoms. The molecule has 0 aliphatic heterocycles. The summed E-state index contributed by atoms with van der Waals surface area (Å²) in [4.78, 5) is 10.1. The maximum absolute atomic E-state index is 6.30. The Morgan fingerprint density at radius 3 is 1.60 bits per heavy atom. The summed E-state index contributed by atoms with van der Waals surface area (Å²) < 4.78 is 6.30. The molecule has 8 aromatic rings. The average molecular weight is 551 g/mol. The number of para-hydroxylation sites is 2. The van der Waals surface area contributed by atoms with Gasteiger partial charge in [-0.2, -0.15) is 0 Å². The van der Waals surface area contributed by atoms with Crippen LogP contribution in [0.25, 0.3) is 78.1 Å². The number of hydrogen-bond donors (Lipinski definition) is 0. The summed E-state index contributed by atoms with van der Waals surface area (Å²) in [7, 11) is 0. The Labute approximate surface area is 249 Å². The van der Waals surface area contributed by atoms with E-state index in [4.69, 9.17) is 14.4 Å². The largest absolute Gasteiger partial charge is 0.455 e. The van der Waals surface area contributed by atoms with Crippen LogP contribution in [0.2, 0.25) is 0 Å². The Morgan fingerprint density at radius 1 is 0.372 bits per heavy atom. The fourth-order valence-electron chi connectivity index (χ4n) is 5.72. The lowest BCUT2D eigenvalue weighted by Crippen LogP contribution is -1.96. The number of rotatable bonds is 5. The molecular formula is C40H26N2O. The van der Waals surface area contributed by atoms with Crippen molar-refractivity contribution in [2.45, 2.75) is 0 Å². The van der Waals surface area contributed by atoms with Crippen LogP contribution in [0, 0.1) is 0 Å². The number of furan rings is 1. The van der Waals surface area contributed by atoms with Crippen LogP contribution < -0.4 is 0 Å². The molecule has 43 heavy (non-hydrogen) atoms. The van der Waals surface area contributed by atoms with Gasteiger partial charge < -0.3 is 4.42 Å². The van der Waals surface area contributed by atoms with E-state index in [0.29, 0.717) is 5.82 Å². The fourth-order valence-corrected chi connectivity index (χ4v) is 5.72. The van der Waals surface area contributed by atoms with E-state index in [2.05, 4.69) is 121 Å². The van der Waals surface area contributed by atoms with Crippen molar-refractivity contribution >= 4 is 21.9 Å². The van der Waals surface area contributed by atoms with Crippen LogP contribution in [0.5, 0.6) is 0 Å². The molecule has 0 unspecified atom stereocenters. The molecule has 0 atom stereocenters. The molecule has 0 aliphatic rings. The zero-order chi connectivity index (χ0) is 28.6. The van der Waals surface area contributed by atoms with Gasteiger partial charge in [-0.1, -0.05) is 146 Å². The highest BCUT2D eigenvalue weighted by molar-refractivity contribution is 6.09. The highest BCUT2D eigenvalue weighted by Gasteiger charge is 2.14. The van der Waals surface area contributed by atoms with Gasteiger partial charge in [0.05, 0.1) is 11.4 Å². The summed E-state index contributed by atoms with van der Waals surface area (Å²) in [6.07, 6.45) is 0. The summed E-state index contributed by atoms with van der Waals surface area (Å²) in [5.74, 6) is 0.701. The van der Waals surface area contributed by atoms with Gasteiger partial charge in [0.15, 0.2) is 5.82 Å². The highest BCUT2D eigenvalue weighted by atomic mass is 16.3. The van der Waals surface area contributed by atoms with E-state index >= 15 is 0 Å². The summed E-state index contributed by atoms with van der Waals surface area (Å²) in [5, 5.41) is 2.26. The minimum absolute atomic E-state index is 0.701. The Morgan fingerprint density at radius 2 is 0.884 bits per heavy atom. The molecule has 0 radical (unpaired) electrons. The zero-order valence-electron chi connectivity index (χ0n) is 23.3. The normalized spacial score (nSPS) is 11.3. The Balaban J connectivity index is 1.20. The Hall–Kier alpha value is -5.80.